The van der Waals surface area contributed by atoms with Gasteiger partial charge in [0, 0.05) is 11.8 Å². The second-order valence-electron chi connectivity index (χ2n) is 3.60. The van der Waals surface area contributed by atoms with Crippen LogP contribution in [0.5, 0.6) is 5.75 Å². The highest BCUT2D eigenvalue weighted by Crippen LogP contribution is 2.25. The molecule has 0 spiro atoms. The minimum atomic E-state index is -0.470. The van der Waals surface area contributed by atoms with Gasteiger partial charge >= 0.3 is 5.69 Å². The molecule has 2 aromatic rings. The molecule has 5 heteroatoms. The van der Waals surface area contributed by atoms with E-state index in [-0.39, 0.29) is 5.75 Å². The molecule has 0 radical (unpaired) electrons. The molecule has 0 saturated carbocycles. The Hall–Kier alpha value is -2.17. The summed E-state index contributed by atoms with van der Waals surface area (Å²) in [5, 5.41) is 0. The fourth-order valence-electron chi connectivity index (χ4n) is 1.58. The van der Waals surface area contributed by atoms with Crippen LogP contribution in [0.1, 0.15) is 5.56 Å². The third-order valence-electron chi connectivity index (χ3n) is 2.44. The molecular weight excluding hydrogens is 223 g/mol. The minimum absolute atomic E-state index is 0.169. The van der Waals surface area contributed by atoms with Crippen LogP contribution < -0.4 is 10.4 Å². The molecule has 1 N–H and O–H groups in total. The Bertz CT molecular complexity index is 608. The van der Waals surface area contributed by atoms with Gasteiger partial charge in [-0.15, -0.1) is 0 Å². The topological polar surface area (TPSA) is 55.0 Å². The average molecular weight is 234 g/mol. The van der Waals surface area contributed by atoms with Crippen LogP contribution >= 0.6 is 0 Å². The Morgan fingerprint density at radius 1 is 1.41 bits per heavy atom. The molecule has 0 saturated heterocycles. The van der Waals surface area contributed by atoms with Crippen molar-refractivity contribution in [3.8, 4) is 17.0 Å². The van der Waals surface area contributed by atoms with E-state index in [2.05, 4.69) is 9.97 Å². The standard InChI is InChI=1S/C12H11FN2O2/c1-7-6-14-12(16)15-11(7)8-3-4-10(17-2)9(13)5-8/h3-6H,1-2H3,(H,14,15,16). The molecule has 0 fully saturated rings. The third-order valence-corrected chi connectivity index (χ3v) is 2.44. The number of rotatable bonds is 2. The van der Waals surface area contributed by atoms with Crippen LogP contribution in [0.2, 0.25) is 0 Å². The van der Waals surface area contributed by atoms with Crippen LogP contribution in [0.3, 0.4) is 0 Å². The quantitative estimate of drug-likeness (QED) is 0.863. The highest BCUT2D eigenvalue weighted by Gasteiger charge is 2.08. The summed E-state index contributed by atoms with van der Waals surface area (Å²) in [5.41, 5.74) is 1.46. The van der Waals surface area contributed by atoms with E-state index >= 15 is 0 Å². The van der Waals surface area contributed by atoms with Crippen LogP contribution in [0.4, 0.5) is 4.39 Å². The van der Waals surface area contributed by atoms with E-state index in [1.807, 2.05) is 0 Å². The van der Waals surface area contributed by atoms with Crippen LogP contribution in [-0.2, 0) is 0 Å². The molecule has 0 atom stereocenters. The Labute approximate surface area is 97.1 Å². The molecule has 0 aliphatic heterocycles. The summed E-state index contributed by atoms with van der Waals surface area (Å²) in [6.07, 6.45) is 1.45. The first kappa shape index (κ1) is 11.3. The van der Waals surface area contributed by atoms with Crippen molar-refractivity contribution in [2.75, 3.05) is 7.11 Å². The second-order valence-corrected chi connectivity index (χ2v) is 3.60. The number of hydrogen-bond donors (Lipinski definition) is 1. The lowest BCUT2D eigenvalue weighted by atomic mass is 10.1. The molecule has 0 bridgehead atoms. The van der Waals surface area contributed by atoms with Crippen molar-refractivity contribution in [2.24, 2.45) is 0 Å². The summed E-state index contributed by atoms with van der Waals surface area (Å²) in [6.45, 7) is 1.79. The third kappa shape index (κ3) is 2.18. The number of H-pyrrole nitrogens is 1. The fourth-order valence-corrected chi connectivity index (χ4v) is 1.58. The number of hydrogen-bond acceptors (Lipinski definition) is 3. The van der Waals surface area contributed by atoms with Crippen LogP contribution in [0, 0.1) is 12.7 Å². The highest BCUT2D eigenvalue weighted by molar-refractivity contribution is 5.63. The Morgan fingerprint density at radius 2 is 2.18 bits per heavy atom. The Kier molecular flexibility index (Phi) is 2.91. The number of nitrogens with zero attached hydrogens (tertiary/aromatic N) is 1. The maximum Gasteiger partial charge on any atom is 0.345 e. The van der Waals surface area contributed by atoms with Gasteiger partial charge in [0.2, 0.25) is 0 Å². The van der Waals surface area contributed by atoms with Crippen LogP contribution in [0.25, 0.3) is 11.3 Å². The molecule has 0 aliphatic rings. The van der Waals surface area contributed by atoms with Gasteiger partial charge in [0.1, 0.15) is 0 Å². The molecule has 1 aromatic carbocycles. The number of aromatic amines is 1. The van der Waals surface area contributed by atoms with Crippen molar-refractivity contribution >= 4 is 0 Å². The lowest BCUT2D eigenvalue weighted by Gasteiger charge is -2.07. The first-order valence-electron chi connectivity index (χ1n) is 5.01. The van der Waals surface area contributed by atoms with Gasteiger partial charge in [-0.05, 0) is 30.7 Å². The summed E-state index contributed by atoms with van der Waals surface area (Å²) >= 11 is 0. The van der Waals surface area contributed by atoms with E-state index in [1.165, 1.54) is 25.4 Å². The predicted molar refractivity (Wildman–Crippen MR) is 61.5 cm³/mol. The first-order valence-corrected chi connectivity index (χ1v) is 5.01. The van der Waals surface area contributed by atoms with Gasteiger partial charge in [0.05, 0.1) is 12.8 Å². The molecule has 88 valence electrons. The molecule has 17 heavy (non-hydrogen) atoms. The maximum absolute atomic E-state index is 13.5. The molecule has 1 heterocycles. The smallest absolute Gasteiger partial charge is 0.345 e. The summed E-state index contributed by atoms with van der Waals surface area (Å²) in [7, 11) is 1.40. The predicted octanol–water partition coefficient (Wildman–Crippen LogP) is 1.89. The number of benzene rings is 1. The minimum Gasteiger partial charge on any atom is -0.494 e. The van der Waals surface area contributed by atoms with Crippen molar-refractivity contribution in [2.45, 2.75) is 6.92 Å². The maximum atomic E-state index is 13.5. The highest BCUT2D eigenvalue weighted by atomic mass is 19.1. The number of nitrogens with one attached hydrogen (secondary N) is 1. The first-order chi connectivity index (χ1) is 8.11. The molecule has 0 unspecified atom stereocenters. The van der Waals surface area contributed by atoms with Crippen LogP contribution in [-0.4, -0.2) is 17.1 Å². The summed E-state index contributed by atoms with van der Waals surface area (Å²) in [5.74, 6) is -0.301. The van der Waals surface area contributed by atoms with Gasteiger partial charge < -0.3 is 9.72 Å². The zero-order valence-electron chi connectivity index (χ0n) is 9.45. The Balaban J connectivity index is 2.57. The van der Waals surface area contributed by atoms with Crippen molar-refractivity contribution in [1.82, 2.24) is 9.97 Å². The molecular formula is C12H11FN2O2. The largest absolute Gasteiger partial charge is 0.494 e. The van der Waals surface area contributed by atoms with Gasteiger partial charge in [0.15, 0.2) is 11.6 Å². The van der Waals surface area contributed by atoms with Crippen molar-refractivity contribution < 1.29 is 9.13 Å². The van der Waals surface area contributed by atoms with Crippen molar-refractivity contribution in [3.63, 3.8) is 0 Å². The summed E-state index contributed by atoms with van der Waals surface area (Å²) in [6, 6.07) is 4.51. The average Bonchev–Trinajstić information content (AvgIpc) is 2.32. The molecule has 0 aliphatic carbocycles. The monoisotopic (exact) mass is 234 g/mol. The van der Waals surface area contributed by atoms with E-state index in [0.29, 0.717) is 11.3 Å². The molecule has 0 amide bonds. The molecule has 4 nitrogen and oxygen atoms in total. The zero-order valence-corrected chi connectivity index (χ0v) is 9.45. The van der Waals surface area contributed by atoms with E-state index in [9.17, 15) is 9.18 Å². The molecule has 1 aromatic heterocycles. The summed E-state index contributed by atoms with van der Waals surface area (Å²) in [4.78, 5) is 17.3. The SMILES string of the molecule is COc1ccc(-c2[nH]c(=O)ncc2C)cc1F. The second kappa shape index (κ2) is 4.37. The van der Waals surface area contributed by atoms with Crippen LogP contribution in [0.15, 0.2) is 29.2 Å². The van der Waals surface area contributed by atoms with Crippen molar-refractivity contribution in [1.29, 1.82) is 0 Å². The Morgan fingerprint density at radius 3 is 2.82 bits per heavy atom. The lowest BCUT2D eigenvalue weighted by molar-refractivity contribution is 0.386. The van der Waals surface area contributed by atoms with E-state index < -0.39 is 11.5 Å². The van der Waals surface area contributed by atoms with Gasteiger partial charge in [-0.1, -0.05) is 0 Å². The van der Waals surface area contributed by atoms with E-state index in [1.54, 1.807) is 13.0 Å². The fraction of sp³-hybridized carbons (Fsp3) is 0.167. The van der Waals surface area contributed by atoms with E-state index in [4.69, 9.17) is 4.74 Å². The summed E-state index contributed by atoms with van der Waals surface area (Å²) < 4.78 is 18.4. The van der Waals surface area contributed by atoms with Gasteiger partial charge in [-0.2, -0.15) is 0 Å². The molecule has 2 rings (SSSR count). The van der Waals surface area contributed by atoms with Gasteiger partial charge in [-0.25, -0.2) is 14.2 Å². The number of halogens is 1. The zero-order chi connectivity index (χ0) is 12.4. The number of methoxy groups -OCH3 is 1. The van der Waals surface area contributed by atoms with E-state index in [0.717, 1.165) is 5.56 Å². The van der Waals surface area contributed by atoms with Crippen molar-refractivity contribution in [3.05, 3.63) is 46.3 Å². The number of aromatic nitrogens is 2. The lowest BCUT2D eigenvalue weighted by Crippen LogP contribution is -2.11. The van der Waals surface area contributed by atoms with Gasteiger partial charge in [0.25, 0.3) is 0 Å². The normalized spacial score (nSPS) is 10.3. The number of ether oxygens (including phenoxy) is 1. The van der Waals surface area contributed by atoms with Gasteiger partial charge in [-0.3, -0.25) is 0 Å². The number of aryl methyl sites for hydroxylation is 1.